The Balaban J connectivity index is 2.42. The Bertz CT molecular complexity index is 310. The van der Waals surface area contributed by atoms with Crippen molar-refractivity contribution in [1.82, 2.24) is 0 Å². The van der Waals surface area contributed by atoms with Crippen molar-refractivity contribution in [3.05, 3.63) is 10.6 Å². The van der Waals surface area contributed by atoms with Gasteiger partial charge >= 0.3 is 5.97 Å². The first kappa shape index (κ1) is 9.25. The first-order valence-electron chi connectivity index (χ1n) is 4.53. The van der Waals surface area contributed by atoms with Crippen LogP contribution in [0.25, 0.3) is 0 Å². The molecule has 13 heavy (non-hydrogen) atoms. The van der Waals surface area contributed by atoms with Crippen molar-refractivity contribution in [1.29, 1.82) is 0 Å². The van der Waals surface area contributed by atoms with Crippen molar-refractivity contribution >= 4 is 21.9 Å². The average Bonchev–Trinajstić information content (AvgIpc) is 2.22. The van der Waals surface area contributed by atoms with Crippen LogP contribution in [0.1, 0.15) is 26.7 Å². The second-order valence-corrected chi connectivity index (χ2v) is 5.46. The summed E-state index contributed by atoms with van der Waals surface area (Å²) in [6, 6.07) is 0. The quantitative estimate of drug-likeness (QED) is 0.771. The molecule has 0 aromatic rings. The van der Waals surface area contributed by atoms with E-state index in [2.05, 4.69) is 28.9 Å². The molecule has 0 heterocycles. The summed E-state index contributed by atoms with van der Waals surface area (Å²) in [7, 11) is 0. The highest BCUT2D eigenvalue weighted by atomic mass is 79.9. The Morgan fingerprint density at radius 3 is 2.69 bits per heavy atom. The zero-order valence-electron chi connectivity index (χ0n) is 7.80. The van der Waals surface area contributed by atoms with E-state index in [-0.39, 0.29) is 5.41 Å². The van der Waals surface area contributed by atoms with Crippen LogP contribution in [-0.4, -0.2) is 11.1 Å². The summed E-state index contributed by atoms with van der Waals surface area (Å²) in [5, 5.41) is 9.20. The van der Waals surface area contributed by atoms with Crippen molar-refractivity contribution < 1.29 is 9.90 Å². The van der Waals surface area contributed by atoms with E-state index in [1.54, 1.807) is 0 Å². The first-order valence-corrected chi connectivity index (χ1v) is 5.33. The van der Waals surface area contributed by atoms with Crippen molar-refractivity contribution in [2.75, 3.05) is 0 Å². The number of rotatable bonds is 1. The maximum atomic E-state index is 11.2. The molecule has 2 aliphatic rings. The molecule has 0 aromatic heterocycles. The highest BCUT2D eigenvalue weighted by Crippen LogP contribution is 2.66. The first-order chi connectivity index (χ1) is 5.92. The van der Waals surface area contributed by atoms with Crippen LogP contribution in [0.5, 0.6) is 0 Å². The summed E-state index contributed by atoms with van der Waals surface area (Å²) in [6.45, 7) is 3.93. The zero-order valence-corrected chi connectivity index (χ0v) is 9.39. The van der Waals surface area contributed by atoms with Crippen LogP contribution >= 0.6 is 15.9 Å². The van der Waals surface area contributed by atoms with Crippen molar-refractivity contribution in [2.24, 2.45) is 16.7 Å². The molecule has 0 spiro atoms. The van der Waals surface area contributed by atoms with E-state index in [4.69, 9.17) is 0 Å². The second-order valence-electron chi connectivity index (χ2n) is 4.54. The van der Waals surface area contributed by atoms with Crippen molar-refractivity contribution in [3.8, 4) is 0 Å². The van der Waals surface area contributed by atoms with Gasteiger partial charge in [0.2, 0.25) is 0 Å². The van der Waals surface area contributed by atoms with Crippen LogP contribution in [0, 0.1) is 16.7 Å². The lowest BCUT2D eigenvalue weighted by molar-refractivity contribution is -0.153. The van der Waals surface area contributed by atoms with E-state index >= 15 is 0 Å². The summed E-state index contributed by atoms with van der Waals surface area (Å²) in [5.74, 6) is -0.220. The maximum absolute atomic E-state index is 11.2. The molecule has 72 valence electrons. The van der Waals surface area contributed by atoms with Crippen molar-refractivity contribution in [3.63, 3.8) is 0 Å². The van der Waals surface area contributed by atoms with Gasteiger partial charge in [-0.15, -0.1) is 0 Å². The predicted molar refractivity (Wildman–Crippen MR) is 53.6 cm³/mol. The minimum absolute atomic E-state index is 0.127. The van der Waals surface area contributed by atoms with Crippen LogP contribution in [-0.2, 0) is 4.79 Å². The molecule has 1 N–H and O–H groups in total. The standard InChI is InChI=1S/C10H13BrO2/c1-9(8(12)13)4-3-6-7(11)5-10(6,9)2/h5-6H,3-4H2,1-2H3,(H,12,13)/t6?,9-,10+/m1/s1. The molecule has 1 saturated carbocycles. The molecule has 0 radical (unpaired) electrons. The van der Waals surface area contributed by atoms with E-state index in [9.17, 15) is 9.90 Å². The number of carbonyl (C=O) groups is 1. The lowest BCUT2D eigenvalue weighted by Crippen LogP contribution is -2.45. The van der Waals surface area contributed by atoms with Crippen LogP contribution in [0.4, 0.5) is 0 Å². The van der Waals surface area contributed by atoms with Crippen LogP contribution in [0.2, 0.25) is 0 Å². The van der Waals surface area contributed by atoms with Gasteiger partial charge in [-0.25, -0.2) is 0 Å². The Morgan fingerprint density at radius 1 is 1.69 bits per heavy atom. The van der Waals surface area contributed by atoms with Gasteiger partial charge in [-0.1, -0.05) is 28.9 Å². The van der Waals surface area contributed by atoms with Gasteiger partial charge in [0.15, 0.2) is 0 Å². The number of carboxylic acid groups (broad SMARTS) is 1. The van der Waals surface area contributed by atoms with Crippen molar-refractivity contribution in [2.45, 2.75) is 26.7 Å². The smallest absolute Gasteiger partial charge is 0.310 e. The molecular formula is C10H13BrO2. The van der Waals surface area contributed by atoms with Gasteiger partial charge in [0.1, 0.15) is 0 Å². The van der Waals surface area contributed by atoms with E-state index in [1.165, 1.54) is 4.48 Å². The molecule has 0 saturated heterocycles. The maximum Gasteiger partial charge on any atom is 0.310 e. The third-order valence-electron chi connectivity index (χ3n) is 4.09. The molecule has 0 aliphatic heterocycles. The molecule has 3 heteroatoms. The Morgan fingerprint density at radius 2 is 2.31 bits per heavy atom. The molecule has 2 rings (SSSR count). The topological polar surface area (TPSA) is 37.3 Å². The number of carboxylic acids is 1. The summed E-state index contributed by atoms with van der Waals surface area (Å²) in [4.78, 5) is 11.2. The number of fused-ring (bicyclic) bond motifs is 1. The molecule has 2 nitrogen and oxygen atoms in total. The fourth-order valence-corrected chi connectivity index (χ4v) is 3.88. The highest BCUT2D eigenvalue weighted by Gasteiger charge is 2.62. The summed E-state index contributed by atoms with van der Waals surface area (Å²) in [6.07, 6.45) is 3.85. The third-order valence-corrected chi connectivity index (χ3v) is 4.87. The van der Waals surface area contributed by atoms with Gasteiger partial charge < -0.3 is 5.11 Å². The number of halogens is 1. The fourth-order valence-electron chi connectivity index (χ4n) is 2.70. The highest BCUT2D eigenvalue weighted by molar-refractivity contribution is 9.11. The lowest BCUT2D eigenvalue weighted by atomic mass is 9.59. The SMILES string of the molecule is C[C@]12C=C(Br)C1CC[C@]2(C)C(=O)O. The van der Waals surface area contributed by atoms with E-state index in [0.29, 0.717) is 5.92 Å². The predicted octanol–water partition coefficient (Wildman–Crippen LogP) is 2.79. The Kier molecular flexibility index (Phi) is 1.69. The number of allylic oxidation sites excluding steroid dienone is 2. The van der Waals surface area contributed by atoms with Gasteiger partial charge in [-0.05, 0) is 24.2 Å². The van der Waals surface area contributed by atoms with E-state index in [0.717, 1.165) is 12.8 Å². The van der Waals surface area contributed by atoms with Gasteiger partial charge in [-0.2, -0.15) is 0 Å². The van der Waals surface area contributed by atoms with Gasteiger partial charge in [0.25, 0.3) is 0 Å². The fraction of sp³-hybridized carbons (Fsp3) is 0.700. The summed E-state index contributed by atoms with van der Waals surface area (Å²) in [5.41, 5.74) is -0.688. The largest absolute Gasteiger partial charge is 0.481 e. The zero-order chi connectivity index (χ0) is 9.85. The molecular weight excluding hydrogens is 232 g/mol. The summed E-state index contributed by atoms with van der Waals surface area (Å²) < 4.78 is 1.19. The van der Waals surface area contributed by atoms with E-state index in [1.807, 2.05) is 6.92 Å². The number of hydrogen-bond donors (Lipinski definition) is 1. The molecule has 1 fully saturated rings. The van der Waals surface area contributed by atoms with Gasteiger partial charge in [0.05, 0.1) is 5.41 Å². The Labute approximate surface area is 86.1 Å². The molecule has 2 aliphatic carbocycles. The van der Waals surface area contributed by atoms with Crippen LogP contribution in [0.15, 0.2) is 10.6 Å². The third kappa shape index (κ3) is 0.862. The minimum Gasteiger partial charge on any atom is -0.481 e. The van der Waals surface area contributed by atoms with Crippen LogP contribution in [0.3, 0.4) is 0 Å². The monoisotopic (exact) mass is 244 g/mol. The number of aliphatic carboxylic acids is 1. The molecule has 3 atom stereocenters. The second kappa shape index (κ2) is 2.38. The molecule has 0 bridgehead atoms. The lowest BCUT2D eigenvalue weighted by Gasteiger charge is -2.46. The molecule has 1 unspecified atom stereocenters. The minimum atomic E-state index is -0.659. The van der Waals surface area contributed by atoms with Gasteiger partial charge in [0, 0.05) is 11.3 Å². The normalized spacial score (nSPS) is 47.9. The molecule has 0 amide bonds. The van der Waals surface area contributed by atoms with Gasteiger partial charge in [-0.3, -0.25) is 4.79 Å². The van der Waals surface area contributed by atoms with E-state index < -0.39 is 11.4 Å². The molecule has 0 aromatic carbocycles. The average molecular weight is 245 g/mol. The van der Waals surface area contributed by atoms with Crippen LogP contribution < -0.4 is 0 Å². The number of hydrogen-bond acceptors (Lipinski definition) is 1. The Hall–Kier alpha value is -0.310. The summed E-state index contributed by atoms with van der Waals surface area (Å²) >= 11 is 3.47.